The molecule has 5 heteroatoms. The number of hydrogen-bond acceptors (Lipinski definition) is 2. The van der Waals surface area contributed by atoms with Crippen LogP contribution in [0, 0.1) is 5.82 Å². The van der Waals surface area contributed by atoms with Crippen LogP contribution in [0.3, 0.4) is 0 Å². The fourth-order valence-electron chi connectivity index (χ4n) is 1.87. The third kappa shape index (κ3) is 3.29. The Labute approximate surface area is 119 Å². The summed E-state index contributed by atoms with van der Waals surface area (Å²) in [4.78, 5) is 18.8. The third-order valence-corrected chi connectivity index (χ3v) is 3.60. The zero-order valence-electron chi connectivity index (χ0n) is 10.5. The molecule has 0 saturated carbocycles. The van der Waals surface area contributed by atoms with Gasteiger partial charge in [-0.25, -0.2) is 9.37 Å². The molecule has 2 aromatic rings. The molecule has 0 bridgehead atoms. The molecule has 0 aliphatic rings. The summed E-state index contributed by atoms with van der Waals surface area (Å²) in [6.45, 7) is 2.02. The standard InChI is InChI=1S/C14H14BrFN2O/c1-2-5-11-13(15)14(19)18-12(17-11)8-9-6-3-4-7-10(9)16/h3-4,6-7H,2,5,8H2,1H3,(H,17,18,19). The second-order valence-corrected chi connectivity index (χ2v) is 5.08. The Bertz CT molecular complexity index is 640. The number of hydrogen-bond donors (Lipinski definition) is 1. The summed E-state index contributed by atoms with van der Waals surface area (Å²) in [5.74, 6) is 0.201. The summed E-state index contributed by atoms with van der Waals surface area (Å²) in [5, 5.41) is 0. The molecule has 1 aromatic heterocycles. The van der Waals surface area contributed by atoms with Gasteiger partial charge in [-0.1, -0.05) is 31.5 Å². The average Bonchev–Trinajstić information content (AvgIpc) is 2.38. The van der Waals surface area contributed by atoms with Gasteiger partial charge < -0.3 is 4.98 Å². The van der Waals surface area contributed by atoms with Gasteiger partial charge >= 0.3 is 0 Å². The normalized spacial score (nSPS) is 10.7. The molecule has 0 saturated heterocycles. The molecule has 0 unspecified atom stereocenters. The molecular formula is C14H14BrFN2O. The number of nitrogens with zero attached hydrogens (tertiary/aromatic N) is 1. The van der Waals surface area contributed by atoms with Crippen LogP contribution in [-0.4, -0.2) is 9.97 Å². The van der Waals surface area contributed by atoms with Crippen LogP contribution < -0.4 is 5.56 Å². The summed E-state index contributed by atoms with van der Waals surface area (Å²) in [5.41, 5.74) is 1.03. The number of aromatic nitrogens is 2. The highest BCUT2D eigenvalue weighted by Gasteiger charge is 2.10. The highest BCUT2D eigenvalue weighted by Crippen LogP contribution is 2.14. The molecule has 0 atom stereocenters. The monoisotopic (exact) mass is 324 g/mol. The lowest BCUT2D eigenvalue weighted by atomic mass is 10.1. The van der Waals surface area contributed by atoms with Crippen molar-refractivity contribution in [3.05, 3.63) is 62.0 Å². The predicted molar refractivity (Wildman–Crippen MR) is 75.8 cm³/mol. The zero-order chi connectivity index (χ0) is 13.8. The Hall–Kier alpha value is -1.49. The summed E-state index contributed by atoms with van der Waals surface area (Å²) >= 11 is 3.23. The van der Waals surface area contributed by atoms with E-state index in [4.69, 9.17) is 0 Å². The van der Waals surface area contributed by atoms with Gasteiger partial charge in [0.2, 0.25) is 0 Å². The number of halogens is 2. The molecule has 0 amide bonds. The van der Waals surface area contributed by atoms with Crippen LogP contribution in [0.25, 0.3) is 0 Å². The number of aryl methyl sites for hydroxylation is 1. The van der Waals surface area contributed by atoms with Gasteiger partial charge in [0.05, 0.1) is 5.69 Å². The fraction of sp³-hybridized carbons (Fsp3) is 0.286. The van der Waals surface area contributed by atoms with Gasteiger partial charge in [0.1, 0.15) is 16.1 Å². The molecule has 1 aromatic carbocycles. The lowest BCUT2D eigenvalue weighted by Crippen LogP contribution is -2.16. The minimum Gasteiger partial charge on any atom is -0.309 e. The van der Waals surface area contributed by atoms with Crippen molar-refractivity contribution in [2.75, 3.05) is 0 Å². The van der Waals surface area contributed by atoms with E-state index in [2.05, 4.69) is 25.9 Å². The minimum absolute atomic E-state index is 0.218. The Balaban J connectivity index is 2.36. The Morgan fingerprint density at radius 1 is 1.37 bits per heavy atom. The van der Waals surface area contributed by atoms with Crippen LogP contribution in [0.15, 0.2) is 33.5 Å². The molecule has 3 nitrogen and oxygen atoms in total. The summed E-state index contributed by atoms with van der Waals surface area (Å²) in [6, 6.07) is 6.50. The van der Waals surface area contributed by atoms with E-state index < -0.39 is 0 Å². The lowest BCUT2D eigenvalue weighted by Gasteiger charge is -2.06. The van der Waals surface area contributed by atoms with Crippen molar-refractivity contribution >= 4 is 15.9 Å². The van der Waals surface area contributed by atoms with Crippen molar-refractivity contribution in [2.45, 2.75) is 26.2 Å². The van der Waals surface area contributed by atoms with Crippen LogP contribution in [-0.2, 0) is 12.8 Å². The van der Waals surface area contributed by atoms with Gasteiger partial charge in [0.15, 0.2) is 0 Å². The maximum Gasteiger partial charge on any atom is 0.265 e. The van der Waals surface area contributed by atoms with E-state index in [1.165, 1.54) is 6.07 Å². The van der Waals surface area contributed by atoms with Gasteiger partial charge in [-0.15, -0.1) is 0 Å². The molecular weight excluding hydrogens is 311 g/mol. The van der Waals surface area contributed by atoms with E-state index in [0.29, 0.717) is 15.9 Å². The molecule has 1 N–H and O–H groups in total. The summed E-state index contributed by atoms with van der Waals surface area (Å²) in [7, 11) is 0. The minimum atomic E-state index is -0.287. The van der Waals surface area contributed by atoms with Gasteiger partial charge in [0.25, 0.3) is 5.56 Å². The maximum absolute atomic E-state index is 13.6. The number of benzene rings is 1. The zero-order valence-corrected chi connectivity index (χ0v) is 12.1. The molecule has 0 aliphatic carbocycles. The first-order valence-electron chi connectivity index (χ1n) is 6.12. The number of H-pyrrole nitrogens is 1. The van der Waals surface area contributed by atoms with Crippen LogP contribution in [0.4, 0.5) is 4.39 Å². The van der Waals surface area contributed by atoms with Gasteiger partial charge in [-0.2, -0.15) is 0 Å². The Morgan fingerprint density at radius 3 is 2.79 bits per heavy atom. The average molecular weight is 325 g/mol. The smallest absolute Gasteiger partial charge is 0.265 e. The highest BCUT2D eigenvalue weighted by atomic mass is 79.9. The Kier molecular flexibility index (Phi) is 4.47. The first-order chi connectivity index (χ1) is 9.11. The first kappa shape index (κ1) is 13.9. The topological polar surface area (TPSA) is 45.8 Å². The van der Waals surface area contributed by atoms with Crippen LogP contribution >= 0.6 is 15.9 Å². The lowest BCUT2D eigenvalue weighted by molar-refractivity contribution is 0.611. The van der Waals surface area contributed by atoms with Crippen LogP contribution in [0.5, 0.6) is 0 Å². The van der Waals surface area contributed by atoms with Crippen molar-refractivity contribution in [3.63, 3.8) is 0 Å². The van der Waals surface area contributed by atoms with Gasteiger partial charge in [0, 0.05) is 6.42 Å². The molecule has 0 radical (unpaired) electrons. The van der Waals surface area contributed by atoms with Crippen molar-refractivity contribution < 1.29 is 4.39 Å². The van der Waals surface area contributed by atoms with E-state index in [1.54, 1.807) is 18.2 Å². The van der Waals surface area contributed by atoms with E-state index in [9.17, 15) is 9.18 Å². The van der Waals surface area contributed by atoms with Gasteiger partial charge in [-0.3, -0.25) is 4.79 Å². The largest absolute Gasteiger partial charge is 0.309 e. The number of rotatable bonds is 4. The number of nitrogens with one attached hydrogen (secondary N) is 1. The first-order valence-corrected chi connectivity index (χ1v) is 6.92. The molecule has 0 fully saturated rings. The molecule has 2 rings (SSSR count). The second kappa shape index (κ2) is 6.10. The van der Waals surface area contributed by atoms with Gasteiger partial charge in [-0.05, 0) is 34.0 Å². The second-order valence-electron chi connectivity index (χ2n) is 4.29. The van der Waals surface area contributed by atoms with Crippen molar-refractivity contribution in [3.8, 4) is 0 Å². The number of aromatic amines is 1. The van der Waals surface area contributed by atoms with E-state index in [1.807, 2.05) is 6.92 Å². The third-order valence-electron chi connectivity index (χ3n) is 2.78. The molecule has 0 aliphatic heterocycles. The SMILES string of the molecule is CCCc1nc(Cc2ccccc2F)[nH]c(=O)c1Br. The van der Waals surface area contributed by atoms with Crippen molar-refractivity contribution in [2.24, 2.45) is 0 Å². The molecule has 1 heterocycles. The van der Waals surface area contributed by atoms with Crippen LogP contribution in [0.2, 0.25) is 0 Å². The Morgan fingerprint density at radius 2 is 2.11 bits per heavy atom. The molecule has 19 heavy (non-hydrogen) atoms. The quantitative estimate of drug-likeness (QED) is 0.938. The summed E-state index contributed by atoms with van der Waals surface area (Å²) in [6.07, 6.45) is 1.90. The van der Waals surface area contributed by atoms with E-state index in [0.717, 1.165) is 18.5 Å². The molecule has 100 valence electrons. The molecule has 0 spiro atoms. The predicted octanol–water partition coefficient (Wildman–Crippen LogP) is 3.21. The van der Waals surface area contributed by atoms with Crippen molar-refractivity contribution in [1.29, 1.82) is 0 Å². The van der Waals surface area contributed by atoms with Crippen molar-refractivity contribution in [1.82, 2.24) is 9.97 Å². The van der Waals surface area contributed by atoms with E-state index in [-0.39, 0.29) is 17.8 Å². The summed E-state index contributed by atoms with van der Waals surface area (Å²) < 4.78 is 14.0. The van der Waals surface area contributed by atoms with E-state index >= 15 is 0 Å². The highest BCUT2D eigenvalue weighted by molar-refractivity contribution is 9.10. The fourth-order valence-corrected chi connectivity index (χ4v) is 2.25. The maximum atomic E-state index is 13.6. The van der Waals surface area contributed by atoms with Crippen LogP contribution in [0.1, 0.15) is 30.4 Å².